The number of rotatable bonds is 4. The normalized spacial score (nSPS) is 22.2. The van der Waals surface area contributed by atoms with Gasteiger partial charge in [-0.1, -0.05) is 55.8 Å². The van der Waals surface area contributed by atoms with Gasteiger partial charge in [-0.2, -0.15) is 13.2 Å². The molecule has 2 aliphatic rings. The third kappa shape index (κ3) is 5.43. The summed E-state index contributed by atoms with van der Waals surface area (Å²) in [5.41, 5.74) is 0.399. The van der Waals surface area contributed by atoms with E-state index in [4.69, 9.17) is 0 Å². The van der Waals surface area contributed by atoms with Gasteiger partial charge in [0.25, 0.3) is 5.91 Å². The second-order valence-corrected chi connectivity index (χ2v) is 9.61. The molecule has 1 heterocycles. The molecule has 1 aliphatic heterocycles. The fourth-order valence-corrected chi connectivity index (χ4v) is 5.32. The molecule has 4 nitrogen and oxygen atoms in total. The number of nitrogens with zero attached hydrogens (tertiary/aromatic N) is 1. The first-order valence-electron chi connectivity index (χ1n) is 11.0. The first kappa shape index (κ1) is 23.4. The van der Waals surface area contributed by atoms with Gasteiger partial charge in [0.05, 0.1) is 16.2 Å². The topological polar surface area (TPSA) is 49.4 Å². The minimum Gasteiger partial charge on any atom is -0.352 e. The molecular formula is C25H25F3N2O2S. The van der Waals surface area contributed by atoms with E-state index in [0.717, 1.165) is 36.3 Å². The van der Waals surface area contributed by atoms with E-state index in [9.17, 15) is 22.8 Å². The second-order valence-electron chi connectivity index (χ2n) is 8.53. The molecule has 0 unspecified atom stereocenters. The molecule has 2 atom stereocenters. The summed E-state index contributed by atoms with van der Waals surface area (Å²) in [6.07, 6.45) is 1.41. The number of halogens is 3. The van der Waals surface area contributed by atoms with Crippen molar-refractivity contribution in [2.75, 3.05) is 11.4 Å². The number of thioether (sulfide) groups is 1. The van der Waals surface area contributed by atoms with E-state index >= 15 is 0 Å². The molecule has 0 radical (unpaired) electrons. The Morgan fingerprint density at radius 3 is 2.52 bits per heavy atom. The van der Waals surface area contributed by atoms with Crippen LogP contribution < -0.4 is 10.2 Å². The Morgan fingerprint density at radius 1 is 1.12 bits per heavy atom. The maximum Gasteiger partial charge on any atom is 0.416 e. The average Bonchev–Trinajstić information content (AvgIpc) is 2.78. The van der Waals surface area contributed by atoms with Crippen molar-refractivity contribution in [3.63, 3.8) is 0 Å². The Balaban J connectivity index is 1.56. The van der Waals surface area contributed by atoms with Gasteiger partial charge in [0.2, 0.25) is 5.91 Å². The van der Waals surface area contributed by atoms with Gasteiger partial charge in [-0.25, -0.2) is 0 Å². The number of para-hydroxylation sites is 1. The lowest BCUT2D eigenvalue weighted by atomic mass is 9.86. The van der Waals surface area contributed by atoms with Crippen LogP contribution in [0, 0.1) is 5.92 Å². The van der Waals surface area contributed by atoms with Crippen molar-refractivity contribution >= 4 is 35.3 Å². The van der Waals surface area contributed by atoms with Crippen LogP contribution in [0.15, 0.2) is 58.3 Å². The lowest BCUT2D eigenvalue weighted by Crippen LogP contribution is -2.48. The SMILES string of the molecule is C[C@@H]1CCCC[C@H]1NC(=O)CN1C(=O)/C(=C\c2ccc(C(F)(F)F)cc2)Sc2ccccc21. The summed E-state index contributed by atoms with van der Waals surface area (Å²) in [4.78, 5) is 28.7. The number of anilines is 1. The third-order valence-electron chi connectivity index (χ3n) is 6.13. The molecule has 8 heteroatoms. The molecular weight excluding hydrogens is 449 g/mol. The molecule has 33 heavy (non-hydrogen) atoms. The van der Waals surface area contributed by atoms with Gasteiger partial charge >= 0.3 is 6.18 Å². The zero-order chi connectivity index (χ0) is 23.6. The Labute approximate surface area is 195 Å². The van der Waals surface area contributed by atoms with Gasteiger partial charge in [-0.3, -0.25) is 14.5 Å². The Hall–Kier alpha value is -2.74. The third-order valence-corrected chi connectivity index (χ3v) is 7.20. The molecule has 2 amide bonds. The largest absolute Gasteiger partial charge is 0.416 e. The highest BCUT2D eigenvalue weighted by atomic mass is 32.2. The molecule has 0 spiro atoms. The van der Waals surface area contributed by atoms with Crippen molar-refractivity contribution in [1.29, 1.82) is 0 Å². The van der Waals surface area contributed by atoms with Crippen molar-refractivity contribution in [2.24, 2.45) is 5.92 Å². The van der Waals surface area contributed by atoms with Gasteiger partial charge in [-0.15, -0.1) is 0 Å². The van der Waals surface area contributed by atoms with Crippen LogP contribution in [-0.2, 0) is 15.8 Å². The summed E-state index contributed by atoms with van der Waals surface area (Å²) in [7, 11) is 0. The summed E-state index contributed by atoms with van der Waals surface area (Å²) >= 11 is 1.25. The number of fused-ring (bicyclic) bond motifs is 1. The Kier molecular flexibility index (Phi) is 6.83. The van der Waals surface area contributed by atoms with Gasteiger partial charge < -0.3 is 5.32 Å². The first-order valence-corrected chi connectivity index (χ1v) is 11.8. The number of alkyl halides is 3. The fraction of sp³-hybridized carbons (Fsp3) is 0.360. The van der Waals surface area contributed by atoms with E-state index in [2.05, 4.69) is 12.2 Å². The molecule has 0 saturated heterocycles. The minimum absolute atomic E-state index is 0.107. The molecule has 1 N–H and O–H groups in total. The van der Waals surface area contributed by atoms with E-state index in [-0.39, 0.29) is 24.4 Å². The highest BCUT2D eigenvalue weighted by Crippen LogP contribution is 2.42. The number of hydrogen-bond donors (Lipinski definition) is 1. The van der Waals surface area contributed by atoms with Gasteiger partial charge in [-0.05, 0) is 54.7 Å². The number of carbonyl (C=O) groups is 2. The molecule has 0 aromatic heterocycles. The van der Waals surface area contributed by atoms with Crippen molar-refractivity contribution in [2.45, 2.75) is 49.7 Å². The zero-order valence-corrected chi connectivity index (χ0v) is 19.0. The molecule has 1 saturated carbocycles. The Bertz CT molecular complexity index is 1070. The first-order chi connectivity index (χ1) is 15.7. The minimum atomic E-state index is -4.42. The van der Waals surface area contributed by atoms with Crippen LogP contribution in [0.1, 0.15) is 43.7 Å². The molecule has 2 aromatic rings. The zero-order valence-electron chi connectivity index (χ0n) is 18.2. The van der Waals surface area contributed by atoms with Crippen LogP contribution in [0.25, 0.3) is 6.08 Å². The maximum absolute atomic E-state index is 13.3. The van der Waals surface area contributed by atoms with E-state index in [1.807, 2.05) is 18.2 Å². The molecule has 2 aromatic carbocycles. The Morgan fingerprint density at radius 2 is 1.82 bits per heavy atom. The second kappa shape index (κ2) is 9.63. The molecule has 174 valence electrons. The summed E-state index contributed by atoms with van der Waals surface area (Å²) in [5, 5.41) is 3.09. The van der Waals surface area contributed by atoms with Crippen LogP contribution in [-0.4, -0.2) is 24.4 Å². The van der Waals surface area contributed by atoms with Crippen LogP contribution in [0.4, 0.5) is 18.9 Å². The van der Waals surface area contributed by atoms with Crippen molar-refractivity contribution in [3.05, 3.63) is 64.6 Å². The van der Waals surface area contributed by atoms with Crippen molar-refractivity contribution < 1.29 is 22.8 Å². The summed E-state index contributed by atoms with van der Waals surface area (Å²) in [6, 6.07) is 12.1. The van der Waals surface area contributed by atoms with Crippen LogP contribution in [0.3, 0.4) is 0 Å². The maximum atomic E-state index is 13.3. The van der Waals surface area contributed by atoms with E-state index in [0.29, 0.717) is 22.1 Å². The summed E-state index contributed by atoms with van der Waals surface area (Å²) < 4.78 is 38.6. The van der Waals surface area contributed by atoms with E-state index in [1.165, 1.54) is 35.2 Å². The van der Waals surface area contributed by atoms with Crippen molar-refractivity contribution in [1.82, 2.24) is 5.32 Å². The average molecular weight is 475 g/mol. The van der Waals surface area contributed by atoms with E-state index in [1.54, 1.807) is 12.1 Å². The van der Waals surface area contributed by atoms with Crippen LogP contribution in [0.2, 0.25) is 0 Å². The molecule has 4 rings (SSSR count). The number of carbonyl (C=O) groups excluding carboxylic acids is 2. The van der Waals surface area contributed by atoms with Crippen molar-refractivity contribution in [3.8, 4) is 0 Å². The highest BCUT2D eigenvalue weighted by molar-refractivity contribution is 8.04. The van der Waals surface area contributed by atoms with Crippen LogP contribution in [0.5, 0.6) is 0 Å². The predicted octanol–water partition coefficient (Wildman–Crippen LogP) is 5.88. The highest BCUT2D eigenvalue weighted by Gasteiger charge is 2.32. The number of benzene rings is 2. The monoisotopic (exact) mass is 474 g/mol. The lowest BCUT2D eigenvalue weighted by Gasteiger charge is -2.32. The van der Waals surface area contributed by atoms with Crippen LogP contribution >= 0.6 is 11.8 Å². The van der Waals surface area contributed by atoms with Gasteiger partial charge in [0.15, 0.2) is 0 Å². The smallest absolute Gasteiger partial charge is 0.352 e. The standard InChI is InChI=1S/C25H25F3N2O2S/c1-16-6-2-3-7-19(16)29-23(31)15-30-20-8-4-5-9-21(20)33-22(24(30)32)14-17-10-12-18(13-11-17)25(26,27)28/h4-5,8-14,16,19H,2-3,6-7,15H2,1H3,(H,29,31)/b22-14+/t16-,19-/m1/s1. The number of amides is 2. The lowest BCUT2D eigenvalue weighted by molar-refractivity contribution is -0.137. The number of nitrogens with one attached hydrogen (secondary N) is 1. The molecule has 1 fully saturated rings. The fourth-order valence-electron chi connectivity index (χ4n) is 4.27. The summed E-state index contributed by atoms with van der Waals surface area (Å²) in [6.45, 7) is 2.02. The van der Waals surface area contributed by atoms with Gasteiger partial charge in [0.1, 0.15) is 6.54 Å². The molecule has 0 bridgehead atoms. The number of hydrogen-bond acceptors (Lipinski definition) is 3. The quantitative estimate of drug-likeness (QED) is 0.563. The molecule has 1 aliphatic carbocycles. The van der Waals surface area contributed by atoms with E-state index < -0.39 is 11.7 Å². The summed E-state index contributed by atoms with van der Waals surface area (Å²) in [5.74, 6) is -0.152. The van der Waals surface area contributed by atoms with Gasteiger partial charge in [0, 0.05) is 10.9 Å². The predicted molar refractivity (Wildman–Crippen MR) is 124 cm³/mol.